The lowest BCUT2D eigenvalue weighted by Crippen LogP contribution is -2.22. The highest BCUT2D eigenvalue weighted by Gasteiger charge is 2.01. The normalized spacial score (nSPS) is 11.5. The molecule has 0 radical (unpaired) electrons. The molecule has 1 aromatic rings. The van der Waals surface area contributed by atoms with Crippen molar-refractivity contribution in [2.45, 2.75) is 59.2 Å². The van der Waals surface area contributed by atoms with Gasteiger partial charge in [0.05, 0.1) is 0 Å². The van der Waals surface area contributed by atoms with Gasteiger partial charge in [-0.05, 0) is 31.1 Å². The zero-order valence-corrected chi connectivity index (χ0v) is 13.1. The van der Waals surface area contributed by atoms with Crippen LogP contribution >= 0.6 is 0 Å². The SMILES string of the molecule is CCCCCN(C)Cc1ccc(CNC(C)C)cc1. The van der Waals surface area contributed by atoms with E-state index in [1.54, 1.807) is 0 Å². The Hall–Kier alpha value is -0.860. The fraction of sp³-hybridized carbons (Fsp3) is 0.647. The van der Waals surface area contributed by atoms with Crippen LogP contribution in [0.1, 0.15) is 51.2 Å². The molecule has 0 spiro atoms. The molecule has 2 nitrogen and oxygen atoms in total. The summed E-state index contributed by atoms with van der Waals surface area (Å²) in [6.07, 6.45) is 3.94. The predicted octanol–water partition coefficient (Wildman–Crippen LogP) is 3.81. The molecule has 0 aliphatic rings. The minimum atomic E-state index is 0.546. The molecule has 1 rings (SSSR count). The summed E-state index contributed by atoms with van der Waals surface area (Å²) in [5, 5.41) is 3.45. The summed E-state index contributed by atoms with van der Waals surface area (Å²) in [7, 11) is 2.21. The third kappa shape index (κ3) is 7.34. The summed E-state index contributed by atoms with van der Waals surface area (Å²) in [6, 6.07) is 9.54. The Morgan fingerprint density at radius 3 is 2.26 bits per heavy atom. The maximum atomic E-state index is 3.45. The smallest absolute Gasteiger partial charge is 0.0230 e. The summed E-state index contributed by atoms with van der Waals surface area (Å²) in [6.45, 7) is 9.83. The standard InChI is InChI=1S/C17H30N2/c1-5-6-7-12-19(4)14-17-10-8-16(9-11-17)13-18-15(2)3/h8-11,15,18H,5-7,12-14H2,1-4H3. The molecule has 0 amide bonds. The van der Waals surface area contributed by atoms with Crippen molar-refractivity contribution in [2.75, 3.05) is 13.6 Å². The quantitative estimate of drug-likeness (QED) is 0.681. The highest BCUT2D eigenvalue weighted by molar-refractivity contribution is 5.22. The Labute approximate surface area is 119 Å². The van der Waals surface area contributed by atoms with E-state index in [-0.39, 0.29) is 0 Å². The van der Waals surface area contributed by atoms with E-state index >= 15 is 0 Å². The van der Waals surface area contributed by atoms with Crippen molar-refractivity contribution in [3.63, 3.8) is 0 Å². The lowest BCUT2D eigenvalue weighted by atomic mass is 10.1. The minimum absolute atomic E-state index is 0.546. The van der Waals surface area contributed by atoms with Crippen molar-refractivity contribution >= 4 is 0 Å². The van der Waals surface area contributed by atoms with Gasteiger partial charge in [0, 0.05) is 19.1 Å². The van der Waals surface area contributed by atoms with Crippen LogP contribution in [0.15, 0.2) is 24.3 Å². The van der Waals surface area contributed by atoms with E-state index in [0.717, 1.165) is 13.1 Å². The molecule has 0 fully saturated rings. The highest BCUT2D eigenvalue weighted by atomic mass is 15.1. The Balaban J connectivity index is 2.34. The Morgan fingerprint density at radius 1 is 1.05 bits per heavy atom. The van der Waals surface area contributed by atoms with Gasteiger partial charge in [-0.25, -0.2) is 0 Å². The first-order valence-corrected chi connectivity index (χ1v) is 7.61. The molecule has 0 saturated heterocycles. The van der Waals surface area contributed by atoms with Gasteiger partial charge in [0.2, 0.25) is 0 Å². The first kappa shape index (κ1) is 16.2. The molecule has 0 aliphatic carbocycles. The molecule has 0 bridgehead atoms. The number of nitrogens with zero attached hydrogens (tertiary/aromatic N) is 1. The average molecular weight is 262 g/mol. The third-order valence-electron chi connectivity index (χ3n) is 3.33. The number of rotatable bonds is 9. The summed E-state index contributed by atoms with van der Waals surface area (Å²) in [4.78, 5) is 2.41. The van der Waals surface area contributed by atoms with E-state index in [1.807, 2.05) is 0 Å². The van der Waals surface area contributed by atoms with Crippen molar-refractivity contribution in [2.24, 2.45) is 0 Å². The molecule has 0 aromatic heterocycles. The van der Waals surface area contributed by atoms with E-state index in [0.29, 0.717) is 6.04 Å². The molecule has 108 valence electrons. The van der Waals surface area contributed by atoms with Crippen LogP contribution in [-0.2, 0) is 13.1 Å². The lowest BCUT2D eigenvalue weighted by Gasteiger charge is -2.16. The predicted molar refractivity (Wildman–Crippen MR) is 84.3 cm³/mol. The van der Waals surface area contributed by atoms with E-state index in [1.165, 1.54) is 36.9 Å². The Bertz CT molecular complexity index is 330. The van der Waals surface area contributed by atoms with Gasteiger partial charge < -0.3 is 10.2 Å². The zero-order chi connectivity index (χ0) is 14.1. The van der Waals surface area contributed by atoms with Gasteiger partial charge in [-0.15, -0.1) is 0 Å². The highest BCUT2D eigenvalue weighted by Crippen LogP contribution is 2.08. The average Bonchev–Trinajstić information content (AvgIpc) is 2.38. The maximum absolute atomic E-state index is 3.45. The second-order valence-corrected chi connectivity index (χ2v) is 5.80. The first-order chi connectivity index (χ1) is 9.11. The number of hydrogen-bond donors (Lipinski definition) is 1. The van der Waals surface area contributed by atoms with Crippen molar-refractivity contribution in [3.05, 3.63) is 35.4 Å². The second-order valence-electron chi connectivity index (χ2n) is 5.80. The van der Waals surface area contributed by atoms with Gasteiger partial charge in [0.1, 0.15) is 0 Å². The van der Waals surface area contributed by atoms with Crippen molar-refractivity contribution in [1.29, 1.82) is 0 Å². The van der Waals surface area contributed by atoms with Crippen molar-refractivity contribution in [1.82, 2.24) is 10.2 Å². The van der Waals surface area contributed by atoms with Gasteiger partial charge in [0.25, 0.3) is 0 Å². The second kappa shape index (κ2) is 9.11. The summed E-state index contributed by atoms with van der Waals surface area (Å²) < 4.78 is 0. The number of benzene rings is 1. The van der Waals surface area contributed by atoms with Crippen LogP contribution in [0.5, 0.6) is 0 Å². The molecular weight excluding hydrogens is 232 g/mol. The van der Waals surface area contributed by atoms with E-state index in [4.69, 9.17) is 0 Å². The monoisotopic (exact) mass is 262 g/mol. The summed E-state index contributed by atoms with van der Waals surface area (Å²) in [5.41, 5.74) is 2.78. The summed E-state index contributed by atoms with van der Waals surface area (Å²) >= 11 is 0. The molecule has 0 aliphatic heterocycles. The van der Waals surface area contributed by atoms with Gasteiger partial charge >= 0.3 is 0 Å². The van der Waals surface area contributed by atoms with Crippen LogP contribution in [0.25, 0.3) is 0 Å². The molecule has 2 heteroatoms. The van der Waals surface area contributed by atoms with Crippen molar-refractivity contribution < 1.29 is 0 Å². The van der Waals surface area contributed by atoms with Gasteiger partial charge in [-0.2, -0.15) is 0 Å². The third-order valence-corrected chi connectivity index (χ3v) is 3.33. The number of unbranched alkanes of at least 4 members (excludes halogenated alkanes) is 2. The van der Waals surface area contributed by atoms with Crippen LogP contribution in [0, 0.1) is 0 Å². The lowest BCUT2D eigenvalue weighted by molar-refractivity contribution is 0.318. The fourth-order valence-electron chi connectivity index (χ4n) is 2.11. The van der Waals surface area contributed by atoms with Crippen LogP contribution in [0.2, 0.25) is 0 Å². The maximum Gasteiger partial charge on any atom is 0.0230 e. The van der Waals surface area contributed by atoms with E-state index in [9.17, 15) is 0 Å². The largest absolute Gasteiger partial charge is 0.310 e. The van der Waals surface area contributed by atoms with Crippen molar-refractivity contribution in [3.8, 4) is 0 Å². The van der Waals surface area contributed by atoms with Crippen LogP contribution in [-0.4, -0.2) is 24.5 Å². The Morgan fingerprint density at radius 2 is 1.68 bits per heavy atom. The fourth-order valence-corrected chi connectivity index (χ4v) is 2.11. The number of nitrogens with one attached hydrogen (secondary N) is 1. The zero-order valence-electron chi connectivity index (χ0n) is 13.1. The van der Waals surface area contributed by atoms with Crippen LogP contribution < -0.4 is 5.32 Å². The molecule has 19 heavy (non-hydrogen) atoms. The molecule has 0 unspecified atom stereocenters. The molecule has 1 N–H and O–H groups in total. The molecular formula is C17H30N2. The topological polar surface area (TPSA) is 15.3 Å². The molecule has 0 heterocycles. The Kier molecular flexibility index (Phi) is 7.76. The summed E-state index contributed by atoms with van der Waals surface area (Å²) in [5.74, 6) is 0. The first-order valence-electron chi connectivity index (χ1n) is 7.61. The molecule has 0 saturated carbocycles. The van der Waals surface area contributed by atoms with E-state index < -0.39 is 0 Å². The van der Waals surface area contributed by atoms with Gasteiger partial charge in [0.15, 0.2) is 0 Å². The van der Waals surface area contributed by atoms with Gasteiger partial charge in [-0.1, -0.05) is 57.9 Å². The molecule has 1 aromatic carbocycles. The van der Waals surface area contributed by atoms with Gasteiger partial charge in [-0.3, -0.25) is 0 Å². The minimum Gasteiger partial charge on any atom is -0.310 e. The van der Waals surface area contributed by atoms with Crippen LogP contribution in [0.3, 0.4) is 0 Å². The van der Waals surface area contributed by atoms with E-state index in [2.05, 4.69) is 62.3 Å². The van der Waals surface area contributed by atoms with Crippen LogP contribution in [0.4, 0.5) is 0 Å². The number of hydrogen-bond acceptors (Lipinski definition) is 2. The molecule has 0 atom stereocenters.